The smallest absolute Gasteiger partial charge is 0.139 e. The minimum Gasteiger partial charge on any atom is -0.299 e. The van der Waals surface area contributed by atoms with Crippen LogP contribution in [0.3, 0.4) is 0 Å². The molecule has 0 aromatic heterocycles. The highest BCUT2D eigenvalue weighted by Gasteiger charge is 2.63. The molecule has 0 amide bonds. The molecule has 3 aliphatic carbocycles. The predicted molar refractivity (Wildman–Crippen MR) is 37.4 cm³/mol. The number of rotatable bonds is 0. The maximum Gasteiger partial charge on any atom is 0.139 e. The van der Waals surface area contributed by atoms with Gasteiger partial charge in [0.15, 0.2) is 0 Å². The number of fused-ring (bicyclic) bond motifs is 5. The Balaban J connectivity index is 2.03. The van der Waals surface area contributed by atoms with E-state index in [4.69, 9.17) is 0 Å². The molecule has 0 radical (unpaired) electrons. The molecule has 2 bridgehead atoms. The molecule has 3 saturated carbocycles. The Hall–Kier alpha value is -0.330. The Morgan fingerprint density at radius 1 is 1.20 bits per heavy atom. The van der Waals surface area contributed by atoms with E-state index in [0.29, 0.717) is 17.6 Å². The highest BCUT2D eigenvalue weighted by Crippen LogP contribution is 2.65. The zero-order valence-electron chi connectivity index (χ0n) is 6.21. The van der Waals surface area contributed by atoms with Gasteiger partial charge >= 0.3 is 0 Å². The fourth-order valence-electron chi connectivity index (χ4n) is 3.28. The van der Waals surface area contributed by atoms with Crippen molar-refractivity contribution in [3.05, 3.63) is 0 Å². The minimum atomic E-state index is 0.425. The van der Waals surface area contributed by atoms with Gasteiger partial charge in [-0.15, -0.1) is 0 Å². The predicted octanol–water partition coefficient (Wildman–Crippen LogP) is 1.48. The first-order chi connectivity index (χ1) is 4.79. The molecule has 0 unspecified atom stereocenters. The van der Waals surface area contributed by atoms with Crippen molar-refractivity contribution < 1.29 is 4.79 Å². The summed E-state index contributed by atoms with van der Waals surface area (Å²) in [5.74, 6) is 4.18. The molecule has 0 spiro atoms. The summed E-state index contributed by atoms with van der Waals surface area (Å²) in [7, 11) is 0. The van der Waals surface area contributed by atoms with Gasteiger partial charge in [0.05, 0.1) is 0 Å². The van der Waals surface area contributed by atoms with E-state index < -0.39 is 0 Å². The van der Waals surface area contributed by atoms with Gasteiger partial charge in [0.1, 0.15) is 5.78 Å². The van der Waals surface area contributed by atoms with Crippen LogP contribution < -0.4 is 0 Å². The highest BCUT2D eigenvalue weighted by atomic mass is 16.1. The van der Waals surface area contributed by atoms with E-state index in [1.807, 2.05) is 0 Å². The first kappa shape index (κ1) is 5.34. The third kappa shape index (κ3) is 0.388. The van der Waals surface area contributed by atoms with Gasteiger partial charge < -0.3 is 0 Å². The minimum absolute atomic E-state index is 0.425. The fraction of sp³-hybridized carbons (Fsp3) is 0.889. The van der Waals surface area contributed by atoms with Crippen LogP contribution in [-0.4, -0.2) is 5.78 Å². The van der Waals surface area contributed by atoms with E-state index in [-0.39, 0.29) is 0 Å². The quantitative estimate of drug-likeness (QED) is 0.493. The summed E-state index contributed by atoms with van der Waals surface area (Å²) in [5.41, 5.74) is 0. The van der Waals surface area contributed by atoms with Crippen molar-refractivity contribution in [3.63, 3.8) is 0 Å². The summed E-state index contributed by atoms with van der Waals surface area (Å²) in [4.78, 5) is 11.4. The number of carbonyl (C=O) groups excluding carboxylic acids is 1. The van der Waals surface area contributed by atoms with E-state index in [1.54, 1.807) is 0 Å². The van der Waals surface area contributed by atoms with Crippen LogP contribution in [0, 0.1) is 29.6 Å². The van der Waals surface area contributed by atoms with Gasteiger partial charge in [0.25, 0.3) is 0 Å². The molecule has 1 nitrogen and oxygen atoms in total. The summed E-state index contributed by atoms with van der Waals surface area (Å²) < 4.78 is 0. The van der Waals surface area contributed by atoms with Gasteiger partial charge in [-0.05, 0) is 30.6 Å². The second-order valence-corrected chi connectivity index (χ2v) is 4.26. The number of ketones is 1. The summed E-state index contributed by atoms with van der Waals surface area (Å²) >= 11 is 0. The van der Waals surface area contributed by atoms with Crippen LogP contribution in [0.2, 0.25) is 0 Å². The molecule has 10 heavy (non-hydrogen) atoms. The largest absolute Gasteiger partial charge is 0.299 e. The third-order valence-corrected chi connectivity index (χ3v) is 3.94. The summed E-state index contributed by atoms with van der Waals surface area (Å²) in [6.07, 6.45) is 2.63. The monoisotopic (exact) mass is 136 g/mol. The summed E-state index contributed by atoms with van der Waals surface area (Å²) in [6.45, 7) is 2.13. The maximum absolute atomic E-state index is 11.4. The van der Waals surface area contributed by atoms with Crippen LogP contribution >= 0.6 is 0 Å². The fourth-order valence-corrected chi connectivity index (χ4v) is 3.28. The van der Waals surface area contributed by atoms with E-state index in [0.717, 1.165) is 17.8 Å². The van der Waals surface area contributed by atoms with Crippen LogP contribution in [0.4, 0.5) is 0 Å². The number of Topliss-reactive ketones (excluding diaryl/α,β-unsaturated/α-hetero) is 1. The standard InChI is InChI=1S/C9H12O/c1-4-5-2-8(9(4)10)7-3-6(5)7/h4-8H,2-3H2,1H3/t4-,5+,6-,7-,8-/m1/s1. The molecule has 0 saturated heterocycles. The van der Waals surface area contributed by atoms with Crippen LogP contribution in [0.15, 0.2) is 0 Å². The van der Waals surface area contributed by atoms with Gasteiger partial charge in [-0.2, -0.15) is 0 Å². The molecule has 5 atom stereocenters. The average Bonchev–Trinajstić information content (AvgIpc) is 2.57. The Morgan fingerprint density at radius 3 is 2.60 bits per heavy atom. The normalized spacial score (nSPS) is 62.9. The molecular formula is C9H12O. The van der Waals surface area contributed by atoms with E-state index >= 15 is 0 Å². The van der Waals surface area contributed by atoms with Crippen molar-refractivity contribution in [1.29, 1.82) is 0 Å². The average molecular weight is 136 g/mol. The molecule has 0 aliphatic heterocycles. The van der Waals surface area contributed by atoms with E-state index in [1.165, 1.54) is 12.8 Å². The lowest BCUT2D eigenvalue weighted by molar-refractivity contribution is -0.125. The number of hydrogen-bond donors (Lipinski definition) is 0. The van der Waals surface area contributed by atoms with Gasteiger partial charge in [-0.3, -0.25) is 4.79 Å². The zero-order chi connectivity index (χ0) is 6.88. The molecule has 0 N–H and O–H groups in total. The lowest BCUT2D eigenvalue weighted by Gasteiger charge is -2.14. The van der Waals surface area contributed by atoms with Crippen molar-refractivity contribution in [2.45, 2.75) is 19.8 Å². The zero-order valence-corrected chi connectivity index (χ0v) is 6.21. The molecular weight excluding hydrogens is 124 g/mol. The Bertz CT molecular complexity index is 209. The van der Waals surface area contributed by atoms with Crippen LogP contribution in [0.5, 0.6) is 0 Å². The molecule has 3 aliphatic rings. The first-order valence-corrected chi connectivity index (χ1v) is 4.33. The van der Waals surface area contributed by atoms with Gasteiger partial charge in [0.2, 0.25) is 0 Å². The van der Waals surface area contributed by atoms with Gasteiger partial charge in [0, 0.05) is 11.8 Å². The summed E-state index contributed by atoms with van der Waals surface area (Å²) in [5, 5.41) is 0. The number of hydrogen-bond acceptors (Lipinski definition) is 1. The van der Waals surface area contributed by atoms with Crippen LogP contribution in [-0.2, 0) is 4.79 Å². The second-order valence-electron chi connectivity index (χ2n) is 4.26. The first-order valence-electron chi connectivity index (χ1n) is 4.33. The highest BCUT2D eigenvalue weighted by molar-refractivity contribution is 5.87. The van der Waals surface area contributed by atoms with Crippen molar-refractivity contribution in [2.24, 2.45) is 29.6 Å². The Labute approximate surface area is 60.8 Å². The van der Waals surface area contributed by atoms with Crippen LogP contribution in [0.25, 0.3) is 0 Å². The van der Waals surface area contributed by atoms with Crippen molar-refractivity contribution >= 4 is 5.78 Å². The lowest BCUT2D eigenvalue weighted by atomic mass is 9.89. The molecule has 0 aromatic rings. The topological polar surface area (TPSA) is 17.1 Å². The molecule has 54 valence electrons. The maximum atomic E-state index is 11.4. The summed E-state index contributed by atoms with van der Waals surface area (Å²) in [6, 6.07) is 0. The van der Waals surface area contributed by atoms with Gasteiger partial charge in [-0.1, -0.05) is 6.92 Å². The molecule has 0 aromatic carbocycles. The van der Waals surface area contributed by atoms with Gasteiger partial charge in [-0.25, -0.2) is 0 Å². The Kier molecular flexibility index (Phi) is 0.704. The van der Waals surface area contributed by atoms with Crippen molar-refractivity contribution in [1.82, 2.24) is 0 Å². The van der Waals surface area contributed by atoms with Crippen molar-refractivity contribution in [3.8, 4) is 0 Å². The Morgan fingerprint density at radius 2 is 2.00 bits per heavy atom. The lowest BCUT2D eigenvalue weighted by Crippen LogP contribution is -2.20. The third-order valence-electron chi connectivity index (χ3n) is 3.94. The second kappa shape index (κ2) is 1.32. The SMILES string of the molecule is C[C@H]1C(=O)[C@@H]2C[C@@H]1[C@H]1C[C@H]12. The van der Waals surface area contributed by atoms with Crippen LogP contribution in [0.1, 0.15) is 19.8 Å². The molecule has 3 rings (SSSR count). The molecule has 3 fully saturated rings. The number of carbonyl (C=O) groups is 1. The van der Waals surface area contributed by atoms with Crippen molar-refractivity contribution in [2.75, 3.05) is 0 Å². The molecule has 1 heteroatoms. The van der Waals surface area contributed by atoms with E-state index in [9.17, 15) is 4.79 Å². The molecule has 0 heterocycles. The van der Waals surface area contributed by atoms with E-state index in [2.05, 4.69) is 6.92 Å².